The molecule has 0 saturated carbocycles. The normalized spacial score (nSPS) is 12.9. The molecule has 1 rings (SSSR count). The van der Waals surface area contributed by atoms with Crippen molar-refractivity contribution in [1.29, 1.82) is 0 Å². The fourth-order valence-electron chi connectivity index (χ4n) is 1.89. The molecular weight excluding hydrogens is 237 g/mol. The van der Waals surface area contributed by atoms with E-state index in [2.05, 4.69) is 5.32 Å². The average Bonchev–Trinajstić information content (AvgIpc) is 2.23. The van der Waals surface area contributed by atoms with Crippen LogP contribution in [0.25, 0.3) is 0 Å². The van der Waals surface area contributed by atoms with E-state index in [-0.39, 0.29) is 6.04 Å². The van der Waals surface area contributed by atoms with Gasteiger partial charge in [0.05, 0.1) is 6.04 Å². The highest BCUT2D eigenvalue weighted by Gasteiger charge is 2.19. The molecule has 19 heavy (non-hydrogen) atoms. The number of hydrogen-bond acceptors (Lipinski definition) is 2. The van der Waals surface area contributed by atoms with E-state index >= 15 is 0 Å². The summed E-state index contributed by atoms with van der Waals surface area (Å²) in [6.45, 7) is 11.5. The summed E-state index contributed by atoms with van der Waals surface area (Å²) in [7, 11) is 5.86. The molecule has 3 nitrogen and oxygen atoms in total. The van der Waals surface area contributed by atoms with Gasteiger partial charge >= 0.3 is 6.09 Å². The summed E-state index contributed by atoms with van der Waals surface area (Å²) in [4.78, 5) is 11.7. The highest BCUT2D eigenvalue weighted by molar-refractivity contribution is 6.33. The fraction of sp³-hybridized carbons (Fsp3) is 0.533. The first-order valence-electron chi connectivity index (χ1n) is 6.47. The number of alkyl carbamates (subject to hydrolysis) is 1. The molecule has 0 aliphatic rings. The zero-order valence-electron chi connectivity index (χ0n) is 12.6. The molecular formula is C15H22BNO2. The number of carbonyl (C=O) groups excluding carboxylic acids is 1. The minimum Gasteiger partial charge on any atom is -0.444 e. The van der Waals surface area contributed by atoms with Crippen molar-refractivity contribution in [3.63, 3.8) is 0 Å². The van der Waals surface area contributed by atoms with Crippen LogP contribution in [0.2, 0.25) is 0 Å². The lowest BCUT2D eigenvalue weighted by atomic mass is 9.85. The van der Waals surface area contributed by atoms with Crippen molar-refractivity contribution in [2.24, 2.45) is 0 Å². The molecule has 102 valence electrons. The number of carbonyl (C=O) groups is 1. The Kier molecular flexibility index (Phi) is 4.67. The summed E-state index contributed by atoms with van der Waals surface area (Å²) in [5.74, 6) is 0. The molecule has 1 atom stereocenters. The molecule has 1 aromatic carbocycles. The molecule has 4 heteroatoms. The van der Waals surface area contributed by atoms with Gasteiger partial charge in [0.2, 0.25) is 0 Å². The Bertz CT molecular complexity index is 478. The monoisotopic (exact) mass is 259 g/mol. The zero-order valence-corrected chi connectivity index (χ0v) is 12.6. The van der Waals surface area contributed by atoms with E-state index in [1.165, 1.54) is 0 Å². The van der Waals surface area contributed by atoms with Crippen LogP contribution in [0.3, 0.4) is 0 Å². The van der Waals surface area contributed by atoms with Crippen LogP contribution in [0.5, 0.6) is 0 Å². The standard InChI is InChI=1S/C15H22BNO2/c1-9-10(2)13(16)8-7-12(9)11(3)17-14(18)19-15(4,5)6/h7-8,11H,1-6H3,(H,17,18). The topological polar surface area (TPSA) is 38.3 Å². The lowest BCUT2D eigenvalue weighted by molar-refractivity contribution is 0.0508. The Morgan fingerprint density at radius 1 is 1.26 bits per heavy atom. The van der Waals surface area contributed by atoms with Crippen LogP contribution in [-0.4, -0.2) is 19.5 Å². The van der Waals surface area contributed by atoms with E-state index < -0.39 is 11.7 Å². The molecule has 0 heterocycles. The Hall–Kier alpha value is -1.45. The molecule has 0 aliphatic carbocycles. The molecule has 0 aromatic heterocycles. The Morgan fingerprint density at radius 2 is 1.84 bits per heavy atom. The highest BCUT2D eigenvalue weighted by atomic mass is 16.6. The zero-order chi connectivity index (χ0) is 14.8. The molecule has 1 amide bonds. The van der Waals surface area contributed by atoms with E-state index in [9.17, 15) is 4.79 Å². The van der Waals surface area contributed by atoms with Crippen molar-refractivity contribution in [2.45, 2.75) is 53.2 Å². The highest BCUT2D eigenvalue weighted by Crippen LogP contribution is 2.19. The molecule has 2 radical (unpaired) electrons. The van der Waals surface area contributed by atoms with E-state index in [1.54, 1.807) is 0 Å². The van der Waals surface area contributed by atoms with Crippen LogP contribution >= 0.6 is 0 Å². The Labute approximate surface area is 117 Å². The summed E-state index contributed by atoms with van der Waals surface area (Å²) >= 11 is 0. The lowest BCUT2D eigenvalue weighted by Crippen LogP contribution is -2.34. The molecule has 0 saturated heterocycles. The summed E-state index contributed by atoms with van der Waals surface area (Å²) in [5.41, 5.74) is 3.48. The van der Waals surface area contributed by atoms with Crippen LogP contribution in [0.4, 0.5) is 4.79 Å². The molecule has 1 aromatic rings. The van der Waals surface area contributed by atoms with Gasteiger partial charge in [0.25, 0.3) is 0 Å². The SMILES string of the molecule is [B]c1ccc(C(C)NC(=O)OC(C)(C)C)c(C)c1C. The predicted octanol–water partition coefficient (Wildman–Crippen LogP) is 2.68. The number of amides is 1. The quantitative estimate of drug-likeness (QED) is 0.829. The number of benzene rings is 1. The second-order valence-electron chi connectivity index (χ2n) is 5.86. The van der Waals surface area contributed by atoms with Crippen molar-refractivity contribution < 1.29 is 9.53 Å². The first-order chi connectivity index (χ1) is 8.61. The van der Waals surface area contributed by atoms with E-state index in [4.69, 9.17) is 12.6 Å². The van der Waals surface area contributed by atoms with Gasteiger partial charge in [-0.1, -0.05) is 23.2 Å². The Balaban J connectivity index is 2.82. The summed E-state index contributed by atoms with van der Waals surface area (Å²) in [6, 6.07) is 3.69. The van der Waals surface area contributed by atoms with Gasteiger partial charge in [-0.25, -0.2) is 4.79 Å². The fourth-order valence-corrected chi connectivity index (χ4v) is 1.89. The summed E-state index contributed by atoms with van der Waals surface area (Å²) in [6.07, 6.45) is -0.408. The maximum atomic E-state index is 11.7. The predicted molar refractivity (Wildman–Crippen MR) is 79.1 cm³/mol. The molecule has 1 N–H and O–H groups in total. The molecule has 1 unspecified atom stereocenters. The average molecular weight is 259 g/mol. The second kappa shape index (κ2) is 5.68. The lowest BCUT2D eigenvalue weighted by Gasteiger charge is -2.23. The van der Waals surface area contributed by atoms with Crippen LogP contribution in [0.1, 0.15) is 50.4 Å². The van der Waals surface area contributed by atoms with Crippen LogP contribution in [0.15, 0.2) is 12.1 Å². The number of nitrogens with one attached hydrogen (secondary N) is 1. The maximum absolute atomic E-state index is 11.7. The van der Waals surface area contributed by atoms with Crippen molar-refractivity contribution in [3.05, 3.63) is 28.8 Å². The van der Waals surface area contributed by atoms with Crippen molar-refractivity contribution in [1.82, 2.24) is 5.32 Å². The van der Waals surface area contributed by atoms with E-state index in [1.807, 2.05) is 53.7 Å². The smallest absolute Gasteiger partial charge is 0.408 e. The van der Waals surface area contributed by atoms with Gasteiger partial charge < -0.3 is 10.1 Å². The second-order valence-corrected chi connectivity index (χ2v) is 5.86. The minimum atomic E-state index is -0.490. The number of rotatable bonds is 2. The molecule has 0 aliphatic heterocycles. The summed E-state index contributed by atoms with van der Waals surface area (Å²) in [5, 5.41) is 2.84. The van der Waals surface area contributed by atoms with Crippen LogP contribution in [-0.2, 0) is 4.74 Å². The molecule has 0 spiro atoms. The van der Waals surface area contributed by atoms with Crippen LogP contribution in [0, 0.1) is 13.8 Å². The number of ether oxygens (including phenoxy) is 1. The van der Waals surface area contributed by atoms with Gasteiger partial charge in [-0.05, 0) is 52.7 Å². The van der Waals surface area contributed by atoms with Gasteiger partial charge in [0, 0.05) is 0 Å². The third kappa shape index (κ3) is 4.30. The third-order valence-corrected chi connectivity index (χ3v) is 3.07. The largest absolute Gasteiger partial charge is 0.444 e. The van der Waals surface area contributed by atoms with Gasteiger partial charge in [-0.15, -0.1) is 0 Å². The van der Waals surface area contributed by atoms with E-state index in [0.717, 1.165) is 22.2 Å². The van der Waals surface area contributed by atoms with Crippen molar-refractivity contribution in [3.8, 4) is 0 Å². The van der Waals surface area contributed by atoms with Crippen LogP contribution < -0.4 is 10.8 Å². The van der Waals surface area contributed by atoms with Gasteiger partial charge in [0.15, 0.2) is 0 Å². The maximum Gasteiger partial charge on any atom is 0.408 e. The minimum absolute atomic E-state index is 0.117. The van der Waals surface area contributed by atoms with Gasteiger partial charge in [-0.2, -0.15) is 0 Å². The van der Waals surface area contributed by atoms with E-state index in [0.29, 0.717) is 0 Å². The summed E-state index contributed by atoms with van der Waals surface area (Å²) < 4.78 is 5.25. The number of hydrogen-bond donors (Lipinski definition) is 1. The van der Waals surface area contributed by atoms with Crippen molar-refractivity contribution >= 4 is 19.4 Å². The molecule has 0 fully saturated rings. The van der Waals surface area contributed by atoms with Gasteiger partial charge in [-0.3, -0.25) is 0 Å². The van der Waals surface area contributed by atoms with Crippen molar-refractivity contribution in [2.75, 3.05) is 0 Å². The molecule has 0 bridgehead atoms. The third-order valence-electron chi connectivity index (χ3n) is 3.07. The Morgan fingerprint density at radius 3 is 2.37 bits per heavy atom. The van der Waals surface area contributed by atoms with Gasteiger partial charge in [0.1, 0.15) is 13.4 Å². The first-order valence-corrected chi connectivity index (χ1v) is 6.47. The first kappa shape index (κ1) is 15.6.